The number of hydrogen-bond donors (Lipinski definition) is 1. The number of aryl methyl sites for hydroxylation is 1. The quantitative estimate of drug-likeness (QED) is 0.730. The second-order valence-electron chi connectivity index (χ2n) is 7.15. The lowest BCUT2D eigenvalue weighted by Crippen LogP contribution is -2.33. The van der Waals surface area contributed by atoms with Crippen LogP contribution >= 0.6 is 0 Å². The molecule has 1 saturated heterocycles. The van der Waals surface area contributed by atoms with E-state index in [1.807, 2.05) is 12.4 Å². The van der Waals surface area contributed by atoms with Crippen LogP contribution in [0.1, 0.15) is 43.6 Å². The average molecular weight is 349 g/mol. The standard InChI is InChI=1S/C21H27N5/c1-2-11-26-14-10-22-20(26)16-25-12-8-18(9-13-25)21-19(15-23-24-21)17-6-4-3-5-7-17/h3-7,10,14-15,18H,2,8-9,11-13,16H2,1H3,(H,23,24). The molecule has 26 heavy (non-hydrogen) atoms. The number of piperidine rings is 1. The molecule has 3 aromatic rings. The van der Waals surface area contributed by atoms with Crippen LogP contribution in [0.15, 0.2) is 48.9 Å². The molecule has 0 atom stereocenters. The van der Waals surface area contributed by atoms with E-state index >= 15 is 0 Å². The third-order valence-corrected chi connectivity index (χ3v) is 5.38. The van der Waals surface area contributed by atoms with Crippen molar-refractivity contribution in [3.8, 4) is 11.1 Å². The minimum Gasteiger partial charge on any atom is -0.334 e. The first-order valence-corrected chi connectivity index (χ1v) is 9.66. The molecule has 0 aliphatic carbocycles. The number of H-pyrrole nitrogens is 1. The molecular weight excluding hydrogens is 322 g/mol. The summed E-state index contributed by atoms with van der Waals surface area (Å²) in [5, 5.41) is 7.61. The van der Waals surface area contributed by atoms with Gasteiger partial charge in [0.2, 0.25) is 0 Å². The minimum absolute atomic E-state index is 0.555. The third-order valence-electron chi connectivity index (χ3n) is 5.38. The van der Waals surface area contributed by atoms with E-state index in [2.05, 4.69) is 68.1 Å². The van der Waals surface area contributed by atoms with Crippen LogP contribution in [0, 0.1) is 0 Å². The summed E-state index contributed by atoms with van der Waals surface area (Å²) < 4.78 is 2.29. The molecule has 0 radical (unpaired) electrons. The predicted molar refractivity (Wildman–Crippen MR) is 104 cm³/mol. The Morgan fingerprint density at radius 2 is 1.96 bits per heavy atom. The summed E-state index contributed by atoms with van der Waals surface area (Å²) in [6, 6.07) is 10.6. The van der Waals surface area contributed by atoms with Crippen LogP contribution in [-0.4, -0.2) is 37.7 Å². The molecule has 0 saturated carbocycles. The van der Waals surface area contributed by atoms with Crippen LogP contribution in [-0.2, 0) is 13.1 Å². The smallest absolute Gasteiger partial charge is 0.122 e. The fourth-order valence-electron chi connectivity index (χ4n) is 3.97. The second-order valence-corrected chi connectivity index (χ2v) is 7.15. The van der Waals surface area contributed by atoms with E-state index in [1.165, 1.54) is 22.6 Å². The Hall–Kier alpha value is -2.40. The molecule has 1 aliphatic rings. The maximum Gasteiger partial charge on any atom is 0.122 e. The van der Waals surface area contributed by atoms with Crippen LogP contribution in [0.25, 0.3) is 11.1 Å². The molecule has 0 amide bonds. The lowest BCUT2D eigenvalue weighted by atomic mass is 9.89. The second kappa shape index (κ2) is 7.87. The van der Waals surface area contributed by atoms with E-state index in [9.17, 15) is 0 Å². The summed E-state index contributed by atoms with van der Waals surface area (Å²) in [5.74, 6) is 1.75. The van der Waals surface area contributed by atoms with Crippen molar-refractivity contribution < 1.29 is 0 Å². The topological polar surface area (TPSA) is 49.7 Å². The van der Waals surface area contributed by atoms with E-state index in [0.717, 1.165) is 45.4 Å². The van der Waals surface area contributed by atoms with E-state index in [4.69, 9.17) is 0 Å². The number of hydrogen-bond acceptors (Lipinski definition) is 3. The van der Waals surface area contributed by atoms with Crippen molar-refractivity contribution in [3.63, 3.8) is 0 Å². The molecule has 0 spiro atoms. The van der Waals surface area contributed by atoms with Gasteiger partial charge in [0.25, 0.3) is 0 Å². The molecule has 4 rings (SSSR count). The molecule has 0 bridgehead atoms. The number of rotatable bonds is 6. The van der Waals surface area contributed by atoms with Gasteiger partial charge < -0.3 is 4.57 Å². The van der Waals surface area contributed by atoms with Gasteiger partial charge in [0.05, 0.1) is 12.7 Å². The van der Waals surface area contributed by atoms with Gasteiger partial charge in [-0.1, -0.05) is 37.3 Å². The zero-order valence-corrected chi connectivity index (χ0v) is 15.4. The molecule has 5 nitrogen and oxygen atoms in total. The summed E-state index contributed by atoms with van der Waals surface area (Å²) >= 11 is 0. The van der Waals surface area contributed by atoms with Gasteiger partial charge in [0.1, 0.15) is 5.82 Å². The molecule has 0 unspecified atom stereocenters. The highest BCUT2D eigenvalue weighted by atomic mass is 15.2. The maximum atomic E-state index is 4.56. The first-order valence-electron chi connectivity index (χ1n) is 9.66. The van der Waals surface area contributed by atoms with Crippen molar-refractivity contribution in [3.05, 3.63) is 60.4 Å². The molecule has 1 aromatic carbocycles. The van der Waals surface area contributed by atoms with Gasteiger partial charge in [-0.25, -0.2) is 4.98 Å². The number of benzene rings is 1. The monoisotopic (exact) mass is 349 g/mol. The average Bonchev–Trinajstić information content (AvgIpc) is 3.33. The lowest BCUT2D eigenvalue weighted by molar-refractivity contribution is 0.196. The van der Waals surface area contributed by atoms with Gasteiger partial charge >= 0.3 is 0 Å². The fourth-order valence-corrected chi connectivity index (χ4v) is 3.97. The van der Waals surface area contributed by atoms with Gasteiger partial charge in [0, 0.05) is 36.1 Å². The summed E-state index contributed by atoms with van der Waals surface area (Å²) in [7, 11) is 0. The van der Waals surface area contributed by atoms with Gasteiger partial charge in [-0.3, -0.25) is 10.00 Å². The number of aromatic nitrogens is 4. The maximum absolute atomic E-state index is 4.56. The van der Waals surface area contributed by atoms with Crippen molar-refractivity contribution in [2.45, 2.75) is 45.2 Å². The van der Waals surface area contributed by atoms with Crippen LogP contribution in [0.4, 0.5) is 0 Å². The molecule has 136 valence electrons. The molecule has 1 fully saturated rings. The Bertz CT molecular complexity index is 812. The first-order chi connectivity index (χ1) is 12.8. The Morgan fingerprint density at radius 1 is 1.15 bits per heavy atom. The molecule has 2 aromatic heterocycles. The summed E-state index contributed by atoms with van der Waals surface area (Å²) in [4.78, 5) is 7.09. The SMILES string of the molecule is CCCn1ccnc1CN1CCC(c2[nH]ncc2-c2ccccc2)CC1. The minimum atomic E-state index is 0.555. The third kappa shape index (κ3) is 3.58. The van der Waals surface area contributed by atoms with Crippen molar-refractivity contribution in [1.29, 1.82) is 0 Å². The first kappa shape index (κ1) is 17.0. The van der Waals surface area contributed by atoms with E-state index in [0.29, 0.717) is 5.92 Å². The van der Waals surface area contributed by atoms with Gasteiger partial charge in [0.15, 0.2) is 0 Å². The Balaban J connectivity index is 1.40. The number of imidazole rings is 1. The zero-order chi connectivity index (χ0) is 17.8. The number of aromatic amines is 1. The van der Waals surface area contributed by atoms with Crippen LogP contribution < -0.4 is 0 Å². The van der Waals surface area contributed by atoms with Gasteiger partial charge in [-0.2, -0.15) is 5.10 Å². The molecular formula is C21H27N5. The predicted octanol–water partition coefficient (Wildman–Crippen LogP) is 4.06. The van der Waals surface area contributed by atoms with Crippen LogP contribution in [0.2, 0.25) is 0 Å². The number of nitrogens with one attached hydrogen (secondary N) is 1. The molecule has 1 aliphatic heterocycles. The highest BCUT2D eigenvalue weighted by molar-refractivity contribution is 5.65. The molecule has 3 heterocycles. The highest BCUT2D eigenvalue weighted by Crippen LogP contribution is 2.34. The van der Waals surface area contributed by atoms with Crippen LogP contribution in [0.5, 0.6) is 0 Å². The zero-order valence-electron chi connectivity index (χ0n) is 15.4. The number of nitrogens with zero attached hydrogens (tertiary/aromatic N) is 4. The Morgan fingerprint density at radius 3 is 2.73 bits per heavy atom. The van der Waals surface area contributed by atoms with E-state index in [1.54, 1.807) is 0 Å². The fraction of sp³-hybridized carbons (Fsp3) is 0.429. The largest absolute Gasteiger partial charge is 0.334 e. The summed E-state index contributed by atoms with van der Waals surface area (Å²) in [5.41, 5.74) is 3.80. The van der Waals surface area contributed by atoms with E-state index in [-0.39, 0.29) is 0 Å². The van der Waals surface area contributed by atoms with E-state index < -0.39 is 0 Å². The molecule has 5 heteroatoms. The van der Waals surface area contributed by atoms with Crippen LogP contribution in [0.3, 0.4) is 0 Å². The van der Waals surface area contributed by atoms with Crippen molar-refractivity contribution in [1.82, 2.24) is 24.6 Å². The Kier molecular flexibility index (Phi) is 5.16. The van der Waals surface area contributed by atoms with Gasteiger partial charge in [-0.15, -0.1) is 0 Å². The Labute approximate surface area is 155 Å². The molecule has 1 N–H and O–H groups in total. The summed E-state index contributed by atoms with van der Waals surface area (Å²) in [6.07, 6.45) is 9.47. The number of likely N-dealkylation sites (tertiary alicyclic amines) is 1. The lowest BCUT2D eigenvalue weighted by Gasteiger charge is -2.31. The highest BCUT2D eigenvalue weighted by Gasteiger charge is 2.25. The van der Waals surface area contributed by atoms with Crippen molar-refractivity contribution in [2.75, 3.05) is 13.1 Å². The normalized spacial score (nSPS) is 16.2. The van der Waals surface area contributed by atoms with Crippen molar-refractivity contribution >= 4 is 0 Å². The van der Waals surface area contributed by atoms with Crippen molar-refractivity contribution in [2.24, 2.45) is 0 Å². The summed E-state index contributed by atoms with van der Waals surface area (Å²) in [6.45, 7) is 6.44. The van der Waals surface area contributed by atoms with Gasteiger partial charge in [-0.05, 0) is 37.9 Å².